The van der Waals surface area contributed by atoms with Crippen LogP contribution in [-0.4, -0.2) is 18.8 Å². The Hall–Kier alpha value is -0.305. The van der Waals surface area contributed by atoms with Gasteiger partial charge in [-0.2, -0.15) is 0 Å². The van der Waals surface area contributed by atoms with E-state index in [2.05, 4.69) is 0 Å². The molecule has 0 fully saturated rings. The van der Waals surface area contributed by atoms with Crippen molar-refractivity contribution in [3.8, 4) is 0 Å². The Bertz CT molecular complexity index is 28.8. The molecule has 1 radical (unpaired) electrons. The van der Waals surface area contributed by atoms with Crippen molar-refractivity contribution in [2.24, 2.45) is 0 Å². The van der Waals surface area contributed by atoms with E-state index in [0.29, 0.717) is 6.29 Å². The summed E-state index contributed by atoms with van der Waals surface area (Å²) in [6, 6.07) is 0. The number of rotatable bonds is 2. The number of carbonyl (C=O) groups excluding carboxylic acids is 1. The van der Waals surface area contributed by atoms with Gasteiger partial charge in [0.15, 0.2) is 0 Å². The fourth-order valence-electron chi connectivity index (χ4n) is 0.0430. The monoisotopic (exact) mass is 71.0 g/mol. The predicted molar refractivity (Wildman–Crippen MR) is 18.8 cm³/mol. The molecule has 0 aliphatic rings. The molecule has 0 saturated heterocycles. The van der Waals surface area contributed by atoms with E-state index in [1.54, 1.807) is 0 Å². The minimum absolute atomic E-state index is 0.139. The second kappa shape index (κ2) is 3.69. The van der Waals surface area contributed by atoms with Gasteiger partial charge in [-0.3, -0.25) is 0 Å². The third kappa shape index (κ3) is 3.69. The molecule has 0 heterocycles. The molecule has 0 saturated carbocycles. The molecule has 5 heavy (non-hydrogen) atoms. The van der Waals surface area contributed by atoms with Gasteiger partial charge in [-0.1, -0.05) is 0 Å². The number of hydrogen-bond acceptors (Lipinski definition) is 2. The largest absolute Gasteiger partial charge is 0.454 e. The molecule has 0 amide bonds. The van der Waals surface area contributed by atoms with Gasteiger partial charge in [0, 0.05) is 6.32 Å². The second-order valence-electron chi connectivity index (χ2n) is 0.585. The molecular weight excluding hydrogens is 66.8 g/mol. The van der Waals surface area contributed by atoms with Crippen LogP contribution in [0.15, 0.2) is 0 Å². The summed E-state index contributed by atoms with van der Waals surface area (Å²) in [6.07, 6.45) is 0.764. The Labute approximate surface area is 31.1 Å². The SMILES string of the molecule is O=CC[B]O. The molecule has 0 bridgehead atoms. The van der Waals surface area contributed by atoms with Gasteiger partial charge in [-0.05, 0) is 0 Å². The van der Waals surface area contributed by atoms with Crippen LogP contribution >= 0.6 is 0 Å². The molecule has 0 aliphatic carbocycles. The van der Waals surface area contributed by atoms with E-state index in [-0.39, 0.29) is 6.32 Å². The van der Waals surface area contributed by atoms with Crippen LogP contribution in [0.25, 0.3) is 0 Å². The lowest BCUT2D eigenvalue weighted by Crippen LogP contribution is -1.83. The van der Waals surface area contributed by atoms with Crippen molar-refractivity contribution in [3.05, 3.63) is 0 Å². The molecule has 2 nitrogen and oxygen atoms in total. The Morgan fingerprint density at radius 2 is 2.60 bits per heavy atom. The van der Waals surface area contributed by atoms with Crippen molar-refractivity contribution in [2.75, 3.05) is 0 Å². The summed E-state index contributed by atoms with van der Waals surface area (Å²) in [7, 11) is 0.812. The number of carbonyl (C=O) groups is 1. The maximum atomic E-state index is 9.21. The molecule has 0 atom stereocenters. The lowest BCUT2D eigenvalue weighted by molar-refractivity contribution is -0.106. The summed E-state index contributed by atoms with van der Waals surface area (Å²) < 4.78 is 0. The molecular formula is C2H4BO2. The topological polar surface area (TPSA) is 37.3 Å². The zero-order valence-electron chi connectivity index (χ0n) is 2.72. The van der Waals surface area contributed by atoms with E-state index in [1.165, 1.54) is 0 Å². The highest BCUT2D eigenvalue weighted by Gasteiger charge is 1.74. The normalized spacial score (nSPS) is 6.60. The van der Waals surface area contributed by atoms with Crippen molar-refractivity contribution in [3.63, 3.8) is 0 Å². The average Bonchev–Trinajstić information content (AvgIpc) is 1.41. The molecule has 0 unspecified atom stereocenters. The van der Waals surface area contributed by atoms with Crippen LogP contribution in [0.3, 0.4) is 0 Å². The van der Waals surface area contributed by atoms with Gasteiger partial charge in [-0.15, -0.1) is 0 Å². The molecule has 0 aromatic rings. The third-order valence-electron chi connectivity index (χ3n) is 0.202. The van der Waals surface area contributed by atoms with E-state index in [9.17, 15) is 4.79 Å². The molecule has 0 spiro atoms. The van der Waals surface area contributed by atoms with Gasteiger partial charge >= 0.3 is 0 Å². The van der Waals surface area contributed by atoms with Crippen molar-refractivity contribution < 1.29 is 9.82 Å². The molecule has 0 aromatic heterocycles. The fraction of sp³-hybridized carbons (Fsp3) is 0.500. The van der Waals surface area contributed by atoms with Gasteiger partial charge in [-0.25, -0.2) is 0 Å². The highest BCUT2D eigenvalue weighted by atomic mass is 16.2. The van der Waals surface area contributed by atoms with Crippen molar-refractivity contribution >= 4 is 13.8 Å². The van der Waals surface area contributed by atoms with Crippen LogP contribution in [0.1, 0.15) is 0 Å². The highest BCUT2D eigenvalue weighted by molar-refractivity contribution is 6.30. The first-order chi connectivity index (χ1) is 2.41. The third-order valence-corrected chi connectivity index (χ3v) is 0.202. The molecule has 0 rings (SSSR count). The fourth-order valence-corrected chi connectivity index (χ4v) is 0.0430. The second-order valence-corrected chi connectivity index (χ2v) is 0.585. The minimum atomic E-state index is 0.139. The Kier molecular flexibility index (Phi) is 3.47. The van der Waals surface area contributed by atoms with Crippen LogP contribution in [0, 0.1) is 0 Å². The summed E-state index contributed by atoms with van der Waals surface area (Å²) in [6.45, 7) is 0. The number of hydrogen-bond donors (Lipinski definition) is 1. The van der Waals surface area contributed by atoms with Gasteiger partial charge < -0.3 is 9.82 Å². The van der Waals surface area contributed by atoms with Crippen molar-refractivity contribution in [2.45, 2.75) is 6.32 Å². The molecule has 0 aliphatic heterocycles. The van der Waals surface area contributed by atoms with Crippen LogP contribution in [0.4, 0.5) is 0 Å². The minimum Gasteiger partial charge on any atom is -0.454 e. The zero-order valence-corrected chi connectivity index (χ0v) is 2.72. The van der Waals surface area contributed by atoms with Crippen molar-refractivity contribution in [1.29, 1.82) is 0 Å². The first-order valence-electron chi connectivity index (χ1n) is 1.31. The molecule has 1 N–H and O–H groups in total. The summed E-state index contributed by atoms with van der Waals surface area (Å²) in [5, 5.41) is 7.71. The summed E-state index contributed by atoms with van der Waals surface area (Å²) in [5.41, 5.74) is 0. The zero-order chi connectivity index (χ0) is 4.12. The Morgan fingerprint density at radius 3 is 2.60 bits per heavy atom. The van der Waals surface area contributed by atoms with E-state index in [1.807, 2.05) is 0 Å². The molecule has 27 valence electrons. The lowest BCUT2D eigenvalue weighted by atomic mass is 9.98. The van der Waals surface area contributed by atoms with Crippen molar-refractivity contribution in [1.82, 2.24) is 0 Å². The number of aldehydes is 1. The Balaban J connectivity index is 2.40. The Morgan fingerprint density at radius 1 is 2.00 bits per heavy atom. The summed E-state index contributed by atoms with van der Waals surface area (Å²) in [4.78, 5) is 9.21. The molecule has 3 heteroatoms. The van der Waals surface area contributed by atoms with Crippen LogP contribution < -0.4 is 0 Å². The van der Waals surface area contributed by atoms with Crippen LogP contribution in [-0.2, 0) is 4.79 Å². The first-order valence-corrected chi connectivity index (χ1v) is 1.31. The highest BCUT2D eigenvalue weighted by Crippen LogP contribution is 1.57. The summed E-state index contributed by atoms with van der Waals surface area (Å²) >= 11 is 0. The van der Waals surface area contributed by atoms with Gasteiger partial charge in [0.2, 0.25) is 0 Å². The smallest absolute Gasteiger partial charge is 0.294 e. The molecule has 0 aromatic carbocycles. The maximum Gasteiger partial charge on any atom is 0.294 e. The lowest BCUT2D eigenvalue weighted by Gasteiger charge is -1.64. The van der Waals surface area contributed by atoms with E-state index in [4.69, 9.17) is 5.02 Å². The van der Waals surface area contributed by atoms with E-state index >= 15 is 0 Å². The van der Waals surface area contributed by atoms with Gasteiger partial charge in [0.1, 0.15) is 6.29 Å². The van der Waals surface area contributed by atoms with E-state index in [0.717, 1.165) is 7.48 Å². The maximum absolute atomic E-state index is 9.21. The predicted octanol–water partition coefficient (Wildman–Crippen LogP) is -0.785. The standard InChI is InChI=1S/C2H4BO2/c4-2-1-3-5/h2,5H,1H2. The van der Waals surface area contributed by atoms with Crippen LogP contribution in [0.5, 0.6) is 0 Å². The summed E-state index contributed by atoms with van der Waals surface area (Å²) in [5.74, 6) is 0. The quantitative estimate of drug-likeness (QED) is 0.342. The van der Waals surface area contributed by atoms with E-state index < -0.39 is 0 Å². The van der Waals surface area contributed by atoms with Gasteiger partial charge in [0.05, 0.1) is 0 Å². The van der Waals surface area contributed by atoms with Gasteiger partial charge in [0.25, 0.3) is 7.48 Å². The van der Waals surface area contributed by atoms with Crippen LogP contribution in [0.2, 0.25) is 6.32 Å². The first kappa shape index (κ1) is 4.69. The average molecular weight is 70.9 g/mol.